The second-order valence-electron chi connectivity index (χ2n) is 5.31. The molecule has 104 valence electrons. The number of ether oxygens (including phenoxy) is 1. The van der Waals surface area contributed by atoms with E-state index in [1.165, 1.54) is 0 Å². The van der Waals surface area contributed by atoms with Crippen molar-refractivity contribution in [3.63, 3.8) is 0 Å². The van der Waals surface area contributed by atoms with Crippen LogP contribution in [-0.4, -0.2) is 31.0 Å². The first-order valence-electron chi connectivity index (χ1n) is 6.73. The minimum absolute atomic E-state index is 0.109. The van der Waals surface area contributed by atoms with Crippen molar-refractivity contribution >= 4 is 5.91 Å². The van der Waals surface area contributed by atoms with Gasteiger partial charge in [0.15, 0.2) is 0 Å². The Morgan fingerprint density at radius 1 is 1.37 bits per heavy atom. The van der Waals surface area contributed by atoms with Gasteiger partial charge >= 0.3 is 0 Å². The van der Waals surface area contributed by atoms with Crippen molar-refractivity contribution in [2.24, 2.45) is 11.7 Å². The molecule has 0 radical (unpaired) electrons. The van der Waals surface area contributed by atoms with E-state index in [0.29, 0.717) is 6.54 Å². The Morgan fingerprint density at radius 2 is 2.05 bits per heavy atom. The molecule has 1 amide bonds. The van der Waals surface area contributed by atoms with E-state index in [2.05, 4.69) is 0 Å². The molecule has 0 aliphatic heterocycles. The van der Waals surface area contributed by atoms with Gasteiger partial charge in [0, 0.05) is 25.6 Å². The van der Waals surface area contributed by atoms with Crippen LogP contribution in [0.5, 0.6) is 5.75 Å². The van der Waals surface area contributed by atoms with Gasteiger partial charge in [-0.05, 0) is 37.0 Å². The molecule has 4 heteroatoms. The lowest BCUT2D eigenvalue weighted by atomic mass is 10.1. The molecular formula is C15H22N2O2. The summed E-state index contributed by atoms with van der Waals surface area (Å²) >= 11 is 0. The zero-order valence-corrected chi connectivity index (χ0v) is 11.6. The Bertz CT molecular complexity index is 430. The van der Waals surface area contributed by atoms with Gasteiger partial charge in [-0.1, -0.05) is 12.1 Å². The standard InChI is InChI=1S/C15H22N2O2/c1-17(15(18)12-5-6-13(16)9-12)10-11-3-7-14(19-2)8-4-11/h3-4,7-8,12-13H,5-6,9-10,16H2,1-2H3. The highest BCUT2D eigenvalue weighted by molar-refractivity contribution is 5.79. The number of hydrogen-bond acceptors (Lipinski definition) is 3. The average molecular weight is 262 g/mol. The number of hydrogen-bond donors (Lipinski definition) is 1. The molecule has 1 fully saturated rings. The summed E-state index contributed by atoms with van der Waals surface area (Å²) in [5, 5.41) is 0. The van der Waals surface area contributed by atoms with Crippen molar-refractivity contribution in [3.05, 3.63) is 29.8 Å². The van der Waals surface area contributed by atoms with Crippen molar-refractivity contribution in [3.8, 4) is 5.75 Å². The van der Waals surface area contributed by atoms with Crippen LogP contribution in [0.2, 0.25) is 0 Å². The number of benzene rings is 1. The molecule has 0 heterocycles. The fraction of sp³-hybridized carbons (Fsp3) is 0.533. The molecule has 1 saturated carbocycles. The topological polar surface area (TPSA) is 55.6 Å². The lowest BCUT2D eigenvalue weighted by Crippen LogP contribution is -2.32. The second-order valence-corrected chi connectivity index (χ2v) is 5.31. The Morgan fingerprint density at radius 3 is 2.58 bits per heavy atom. The summed E-state index contributed by atoms with van der Waals surface area (Å²) in [6.07, 6.45) is 2.71. The van der Waals surface area contributed by atoms with Crippen LogP contribution in [0.15, 0.2) is 24.3 Å². The first kappa shape index (κ1) is 13.9. The maximum absolute atomic E-state index is 12.3. The molecule has 1 aliphatic rings. The van der Waals surface area contributed by atoms with Crippen molar-refractivity contribution < 1.29 is 9.53 Å². The molecule has 4 nitrogen and oxygen atoms in total. The summed E-state index contributed by atoms with van der Waals surface area (Å²) in [5.41, 5.74) is 6.97. The molecule has 2 atom stereocenters. The number of amides is 1. The minimum Gasteiger partial charge on any atom is -0.497 e. The van der Waals surface area contributed by atoms with E-state index in [1.807, 2.05) is 31.3 Å². The van der Waals surface area contributed by atoms with E-state index < -0.39 is 0 Å². The number of carbonyl (C=O) groups excluding carboxylic acids is 1. The van der Waals surface area contributed by atoms with E-state index in [1.54, 1.807) is 12.0 Å². The first-order valence-corrected chi connectivity index (χ1v) is 6.73. The van der Waals surface area contributed by atoms with E-state index in [9.17, 15) is 4.79 Å². The van der Waals surface area contributed by atoms with Crippen LogP contribution in [-0.2, 0) is 11.3 Å². The Balaban J connectivity index is 1.92. The predicted molar refractivity (Wildman–Crippen MR) is 74.8 cm³/mol. The monoisotopic (exact) mass is 262 g/mol. The molecular weight excluding hydrogens is 240 g/mol. The molecule has 0 aromatic heterocycles. The summed E-state index contributed by atoms with van der Waals surface area (Å²) in [6.45, 7) is 0.633. The third kappa shape index (κ3) is 3.47. The van der Waals surface area contributed by atoms with Gasteiger partial charge in [0.1, 0.15) is 5.75 Å². The highest BCUT2D eigenvalue weighted by Crippen LogP contribution is 2.26. The molecule has 1 aromatic rings. The normalized spacial score (nSPS) is 22.3. The van der Waals surface area contributed by atoms with Crippen molar-refractivity contribution in [1.82, 2.24) is 4.90 Å². The van der Waals surface area contributed by atoms with Crippen LogP contribution in [0.4, 0.5) is 0 Å². The largest absolute Gasteiger partial charge is 0.497 e. The number of nitrogens with two attached hydrogens (primary N) is 1. The lowest BCUT2D eigenvalue weighted by Gasteiger charge is -2.21. The number of nitrogens with zero attached hydrogens (tertiary/aromatic N) is 1. The summed E-state index contributed by atoms with van der Waals surface area (Å²) in [7, 11) is 3.50. The van der Waals surface area contributed by atoms with Gasteiger partial charge in [-0.3, -0.25) is 4.79 Å². The van der Waals surface area contributed by atoms with Crippen LogP contribution < -0.4 is 10.5 Å². The second kappa shape index (κ2) is 6.06. The average Bonchev–Trinajstić information content (AvgIpc) is 2.85. The van der Waals surface area contributed by atoms with Crippen LogP contribution in [0.3, 0.4) is 0 Å². The molecule has 2 unspecified atom stereocenters. The van der Waals surface area contributed by atoms with Crippen molar-refractivity contribution in [2.45, 2.75) is 31.8 Å². The van der Waals surface area contributed by atoms with Crippen LogP contribution in [0.25, 0.3) is 0 Å². The maximum Gasteiger partial charge on any atom is 0.225 e. The number of rotatable bonds is 4. The zero-order valence-electron chi connectivity index (χ0n) is 11.6. The third-order valence-electron chi connectivity index (χ3n) is 3.78. The highest BCUT2D eigenvalue weighted by atomic mass is 16.5. The first-order chi connectivity index (χ1) is 9.10. The smallest absolute Gasteiger partial charge is 0.225 e. The van der Waals surface area contributed by atoms with Crippen LogP contribution in [0, 0.1) is 5.92 Å². The number of carbonyl (C=O) groups is 1. The van der Waals surface area contributed by atoms with Gasteiger partial charge in [0.2, 0.25) is 5.91 Å². The number of methoxy groups -OCH3 is 1. The van der Waals surface area contributed by atoms with Gasteiger partial charge in [-0.2, -0.15) is 0 Å². The molecule has 19 heavy (non-hydrogen) atoms. The SMILES string of the molecule is COc1ccc(CN(C)C(=O)C2CCC(N)C2)cc1. The van der Waals surface area contributed by atoms with Gasteiger partial charge in [-0.25, -0.2) is 0 Å². The molecule has 2 rings (SSSR count). The van der Waals surface area contributed by atoms with Crippen LogP contribution in [0.1, 0.15) is 24.8 Å². The Labute approximate surface area is 114 Å². The molecule has 1 aliphatic carbocycles. The Hall–Kier alpha value is -1.55. The summed E-state index contributed by atoms with van der Waals surface area (Å²) in [4.78, 5) is 14.1. The summed E-state index contributed by atoms with van der Waals surface area (Å²) in [5.74, 6) is 1.15. The van der Waals surface area contributed by atoms with E-state index in [-0.39, 0.29) is 17.9 Å². The summed E-state index contributed by atoms with van der Waals surface area (Å²) < 4.78 is 5.12. The van der Waals surface area contributed by atoms with E-state index >= 15 is 0 Å². The molecule has 0 bridgehead atoms. The molecule has 0 spiro atoms. The minimum atomic E-state index is 0.109. The lowest BCUT2D eigenvalue weighted by molar-refractivity contribution is -0.134. The van der Waals surface area contributed by atoms with Gasteiger partial charge in [-0.15, -0.1) is 0 Å². The fourth-order valence-corrected chi connectivity index (χ4v) is 2.64. The van der Waals surface area contributed by atoms with E-state index in [0.717, 1.165) is 30.6 Å². The van der Waals surface area contributed by atoms with E-state index in [4.69, 9.17) is 10.5 Å². The quantitative estimate of drug-likeness (QED) is 0.900. The highest BCUT2D eigenvalue weighted by Gasteiger charge is 2.29. The van der Waals surface area contributed by atoms with Gasteiger partial charge in [0.25, 0.3) is 0 Å². The third-order valence-corrected chi connectivity index (χ3v) is 3.78. The fourth-order valence-electron chi connectivity index (χ4n) is 2.64. The van der Waals surface area contributed by atoms with Gasteiger partial charge in [0.05, 0.1) is 7.11 Å². The van der Waals surface area contributed by atoms with Crippen molar-refractivity contribution in [2.75, 3.05) is 14.2 Å². The predicted octanol–water partition coefficient (Wildman–Crippen LogP) is 1.78. The molecule has 2 N–H and O–H groups in total. The Kier molecular flexibility index (Phi) is 4.43. The van der Waals surface area contributed by atoms with Crippen LogP contribution >= 0.6 is 0 Å². The molecule has 0 saturated heterocycles. The van der Waals surface area contributed by atoms with Gasteiger partial charge < -0.3 is 15.4 Å². The zero-order chi connectivity index (χ0) is 13.8. The van der Waals surface area contributed by atoms with Crippen molar-refractivity contribution in [1.29, 1.82) is 0 Å². The summed E-state index contributed by atoms with van der Waals surface area (Å²) in [6, 6.07) is 8.01. The maximum atomic E-state index is 12.3. The molecule has 1 aromatic carbocycles.